The Bertz CT molecular complexity index is 455. The van der Waals surface area contributed by atoms with Crippen molar-refractivity contribution in [1.82, 2.24) is 10.2 Å². The first-order valence-corrected chi connectivity index (χ1v) is 8.10. The van der Waals surface area contributed by atoms with Gasteiger partial charge in [0.15, 0.2) is 0 Å². The van der Waals surface area contributed by atoms with Crippen molar-refractivity contribution < 1.29 is 14.9 Å². The monoisotopic (exact) mass is 308 g/mol. The number of likely N-dealkylation sites (N-methyl/N-ethyl adjacent to an activating group) is 1. The molecule has 1 aromatic rings. The molecule has 22 heavy (non-hydrogen) atoms. The summed E-state index contributed by atoms with van der Waals surface area (Å²) in [5, 5.41) is 23.4. The summed E-state index contributed by atoms with van der Waals surface area (Å²) in [5.74, 6) is 0.277. The highest BCUT2D eigenvalue weighted by atomic mass is 16.5. The van der Waals surface area contributed by atoms with Crippen LogP contribution in [0.5, 0.6) is 5.75 Å². The average Bonchev–Trinajstić information content (AvgIpc) is 2.85. The van der Waals surface area contributed by atoms with Crippen LogP contribution in [0, 0.1) is 0 Å². The Hall–Kier alpha value is -1.14. The second-order valence-corrected chi connectivity index (χ2v) is 6.09. The van der Waals surface area contributed by atoms with Crippen molar-refractivity contribution in [1.29, 1.82) is 0 Å². The molecular formula is C17H28N2O3. The fourth-order valence-electron chi connectivity index (χ4n) is 2.75. The van der Waals surface area contributed by atoms with Gasteiger partial charge in [0.1, 0.15) is 5.75 Å². The van der Waals surface area contributed by atoms with E-state index < -0.39 is 6.10 Å². The smallest absolute Gasteiger partial charge is 0.120 e. The molecule has 0 bridgehead atoms. The highest BCUT2D eigenvalue weighted by molar-refractivity contribution is 5.31. The number of phenolic OH excluding ortho intramolecular Hbond substituents is 1. The van der Waals surface area contributed by atoms with Crippen LogP contribution in [0.4, 0.5) is 0 Å². The second-order valence-electron chi connectivity index (χ2n) is 6.09. The van der Waals surface area contributed by atoms with Gasteiger partial charge in [-0.25, -0.2) is 0 Å². The third-order valence-corrected chi connectivity index (χ3v) is 4.21. The third kappa shape index (κ3) is 4.68. The van der Waals surface area contributed by atoms with E-state index >= 15 is 0 Å². The first-order valence-electron chi connectivity index (χ1n) is 8.10. The van der Waals surface area contributed by atoms with E-state index in [4.69, 9.17) is 4.74 Å². The topological polar surface area (TPSA) is 65.0 Å². The highest BCUT2D eigenvalue weighted by Crippen LogP contribution is 2.19. The summed E-state index contributed by atoms with van der Waals surface area (Å²) in [6.07, 6.45) is 1.66. The number of hydrogen-bond donors (Lipinski definition) is 3. The zero-order chi connectivity index (χ0) is 15.9. The zero-order valence-corrected chi connectivity index (χ0v) is 13.5. The van der Waals surface area contributed by atoms with E-state index in [1.807, 2.05) is 12.1 Å². The summed E-state index contributed by atoms with van der Waals surface area (Å²) < 4.78 is 5.73. The maximum atomic E-state index is 10.4. The molecule has 5 nitrogen and oxygen atoms in total. The van der Waals surface area contributed by atoms with Gasteiger partial charge in [0.2, 0.25) is 0 Å². The molecule has 3 unspecified atom stereocenters. The number of hydrogen-bond acceptors (Lipinski definition) is 5. The van der Waals surface area contributed by atoms with Crippen molar-refractivity contribution in [3.63, 3.8) is 0 Å². The molecule has 0 aromatic heterocycles. The third-order valence-electron chi connectivity index (χ3n) is 4.21. The Kier molecular flexibility index (Phi) is 6.64. The Labute approximate surface area is 132 Å². The molecule has 0 saturated carbocycles. The number of rotatable bonds is 8. The Balaban J connectivity index is 1.78. The van der Waals surface area contributed by atoms with Gasteiger partial charge in [-0.15, -0.1) is 0 Å². The molecule has 0 aliphatic carbocycles. The van der Waals surface area contributed by atoms with Crippen LogP contribution in [0.2, 0.25) is 0 Å². The molecule has 0 spiro atoms. The van der Waals surface area contributed by atoms with E-state index in [0.29, 0.717) is 13.2 Å². The van der Waals surface area contributed by atoms with Crippen LogP contribution in [-0.2, 0) is 11.3 Å². The maximum absolute atomic E-state index is 10.4. The molecule has 0 amide bonds. The first-order chi connectivity index (χ1) is 10.6. The number of aromatic hydroxyl groups is 1. The van der Waals surface area contributed by atoms with Crippen LogP contribution in [0.1, 0.15) is 25.3 Å². The molecule has 2 rings (SSSR count). The SMILES string of the molecule is CCCCN(C)CC1OCC(NCc2ccccc2O)C1O. The zero-order valence-electron chi connectivity index (χ0n) is 13.5. The number of unbranched alkanes of at least 4 members (excludes halogenated alkanes) is 1. The highest BCUT2D eigenvalue weighted by Gasteiger charge is 2.35. The van der Waals surface area contributed by atoms with Gasteiger partial charge in [0.05, 0.1) is 24.9 Å². The van der Waals surface area contributed by atoms with Crippen LogP contribution >= 0.6 is 0 Å². The van der Waals surface area contributed by atoms with E-state index in [-0.39, 0.29) is 17.9 Å². The lowest BCUT2D eigenvalue weighted by Crippen LogP contribution is -2.44. The summed E-state index contributed by atoms with van der Waals surface area (Å²) in [5.41, 5.74) is 0.832. The Morgan fingerprint density at radius 2 is 2.14 bits per heavy atom. The number of ether oxygens (including phenoxy) is 1. The molecule has 3 atom stereocenters. The van der Waals surface area contributed by atoms with Crippen molar-refractivity contribution in [3.8, 4) is 5.75 Å². The molecule has 1 aromatic carbocycles. The molecule has 3 N–H and O–H groups in total. The fraction of sp³-hybridized carbons (Fsp3) is 0.647. The number of para-hydroxylation sites is 1. The van der Waals surface area contributed by atoms with E-state index in [1.54, 1.807) is 12.1 Å². The van der Waals surface area contributed by atoms with Gasteiger partial charge in [0, 0.05) is 18.7 Å². The van der Waals surface area contributed by atoms with Crippen molar-refractivity contribution in [3.05, 3.63) is 29.8 Å². The summed E-state index contributed by atoms with van der Waals surface area (Å²) in [6, 6.07) is 7.15. The van der Waals surface area contributed by atoms with Crippen LogP contribution in [0.3, 0.4) is 0 Å². The number of benzene rings is 1. The van der Waals surface area contributed by atoms with Crippen LogP contribution in [0.25, 0.3) is 0 Å². The van der Waals surface area contributed by atoms with Gasteiger partial charge >= 0.3 is 0 Å². The summed E-state index contributed by atoms with van der Waals surface area (Å²) >= 11 is 0. The van der Waals surface area contributed by atoms with Crippen molar-refractivity contribution in [2.24, 2.45) is 0 Å². The largest absolute Gasteiger partial charge is 0.508 e. The van der Waals surface area contributed by atoms with E-state index in [1.165, 1.54) is 6.42 Å². The van der Waals surface area contributed by atoms with Crippen LogP contribution in [0.15, 0.2) is 24.3 Å². The van der Waals surface area contributed by atoms with Gasteiger partial charge < -0.3 is 25.2 Å². The van der Waals surface area contributed by atoms with E-state index in [0.717, 1.165) is 25.1 Å². The Morgan fingerprint density at radius 3 is 2.86 bits per heavy atom. The van der Waals surface area contributed by atoms with Crippen molar-refractivity contribution in [2.45, 2.75) is 44.6 Å². The minimum absolute atomic E-state index is 0.0934. The average molecular weight is 308 g/mol. The molecule has 1 heterocycles. The normalized spacial score (nSPS) is 25.0. The lowest BCUT2D eigenvalue weighted by molar-refractivity contribution is 0.0199. The molecule has 1 aliphatic rings. The van der Waals surface area contributed by atoms with Gasteiger partial charge in [0.25, 0.3) is 0 Å². The minimum atomic E-state index is -0.519. The van der Waals surface area contributed by atoms with Crippen LogP contribution in [-0.4, -0.2) is 60.1 Å². The summed E-state index contributed by atoms with van der Waals surface area (Å²) in [7, 11) is 2.06. The van der Waals surface area contributed by atoms with Crippen LogP contribution < -0.4 is 5.32 Å². The summed E-state index contributed by atoms with van der Waals surface area (Å²) in [4.78, 5) is 2.21. The molecule has 1 fully saturated rings. The molecule has 124 valence electrons. The van der Waals surface area contributed by atoms with Gasteiger partial charge in [-0.3, -0.25) is 0 Å². The lowest BCUT2D eigenvalue weighted by Gasteiger charge is -2.23. The molecule has 1 saturated heterocycles. The van der Waals surface area contributed by atoms with Crippen molar-refractivity contribution >= 4 is 0 Å². The number of aliphatic hydroxyl groups is 1. The first kappa shape index (κ1) is 17.2. The molecule has 0 radical (unpaired) electrons. The fourth-order valence-corrected chi connectivity index (χ4v) is 2.75. The number of phenols is 1. The predicted molar refractivity (Wildman–Crippen MR) is 86.9 cm³/mol. The van der Waals surface area contributed by atoms with E-state index in [2.05, 4.69) is 24.2 Å². The van der Waals surface area contributed by atoms with Gasteiger partial charge in [-0.2, -0.15) is 0 Å². The Morgan fingerprint density at radius 1 is 1.36 bits per heavy atom. The van der Waals surface area contributed by atoms with Gasteiger partial charge in [-0.1, -0.05) is 31.5 Å². The second kappa shape index (κ2) is 8.48. The minimum Gasteiger partial charge on any atom is -0.508 e. The number of aliphatic hydroxyl groups excluding tert-OH is 1. The van der Waals surface area contributed by atoms with Gasteiger partial charge in [-0.05, 0) is 26.1 Å². The molecule has 1 aliphatic heterocycles. The quantitative estimate of drug-likeness (QED) is 0.676. The standard InChI is InChI=1S/C17H28N2O3/c1-3-4-9-19(2)11-16-17(21)14(12-22-16)18-10-13-7-5-6-8-15(13)20/h5-8,14,16-18,20-21H,3-4,9-12H2,1-2H3. The number of nitrogens with zero attached hydrogens (tertiary/aromatic N) is 1. The lowest BCUT2D eigenvalue weighted by atomic mass is 10.1. The van der Waals surface area contributed by atoms with E-state index in [9.17, 15) is 10.2 Å². The molecular weight excluding hydrogens is 280 g/mol. The summed E-state index contributed by atoms with van der Waals surface area (Å²) in [6.45, 7) is 4.97. The maximum Gasteiger partial charge on any atom is 0.120 e. The van der Waals surface area contributed by atoms with Crippen molar-refractivity contribution in [2.75, 3.05) is 26.7 Å². The number of nitrogens with one attached hydrogen (secondary N) is 1. The molecule has 5 heteroatoms. The predicted octanol–water partition coefficient (Wildman–Crippen LogP) is 1.34.